The van der Waals surface area contributed by atoms with Gasteiger partial charge in [0.15, 0.2) is 0 Å². The van der Waals surface area contributed by atoms with Gasteiger partial charge in [0.25, 0.3) is 0 Å². The van der Waals surface area contributed by atoms with Gasteiger partial charge in [-0.3, -0.25) is 14.2 Å². The van der Waals surface area contributed by atoms with E-state index in [2.05, 4.69) is 0 Å². The maximum absolute atomic E-state index is 11.8. The molecule has 0 amide bonds. The summed E-state index contributed by atoms with van der Waals surface area (Å²) in [5, 5.41) is 26.8. The lowest BCUT2D eigenvalue weighted by atomic mass is 10.2. The van der Waals surface area contributed by atoms with Crippen molar-refractivity contribution in [1.29, 1.82) is 0 Å². The normalized spacial score (nSPS) is 29.1. The predicted molar refractivity (Wildman–Crippen MR) is 60.2 cm³/mol. The number of carbonyl (C=O) groups is 2. The molecule has 6 N–H and O–H groups in total. The van der Waals surface area contributed by atoms with Gasteiger partial charge in [-0.15, -0.1) is 0 Å². The zero-order valence-corrected chi connectivity index (χ0v) is 10.4. The molecule has 0 aromatic heterocycles. The maximum atomic E-state index is 11.8. The number of hydrogen-bond acceptors (Lipinski definition) is 5. The standard InChI is InChI=1S/C9H16NO7P/c10-6(8(13)14)1-2-18(16,17)9(15)5-3-4(5)7(11)12/h4-6,9,15H,1-3,10H2,(H,11,12)(H,13,14)(H,16,17)/t4-,5-,6-,9-/m0/s1. The van der Waals surface area contributed by atoms with E-state index < -0.39 is 49.2 Å². The Morgan fingerprint density at radius 2 is 1.94 bits per heavy atom. The Balaban J connectivity index is 2.51. The largest absolute Gasteiger partial charge is 0.481 e. The summed E-state index contributed by atoms with van der Waals surface area (Å²) in [6.45, 7) is 0. The van der Waals surface area contributed by atoms with E-state index >= 15 is 0 Å². The van der Waals surface area contributed by atoms with Crippen LogP contribution in [0.4, 0.5) is 0 Å². The lowest BCUT2D eigenvalue weighted by Crippen LogP contribution is -2.31. The lowest BCUT2D eigenvalue weighted by molar-refractivity contribution is -0.139. The summed E-state index contributed by atoms with van der Waals surface area (Å²) in [6.07, 6.45) is -0.527. The predicted octanol–water partition coefficient (Wildman–Crippen LogP) is -0.902. The Morgan fingerprint density at radius 3 is 2.33 bits per heavy atom. The number of carboxylic acids is 2. The number of rotatable bonds is 7. The smallest absolute Gasteiger partial charge is 0.320 e. The molecule has 0 radical (unpaired) electrons. The van der Waals surface area contributed by atoms with Crippen LogP contribution in [0.5, 0.6) is 0 Å². The highest BCUT2D eigenvalue weighted by Gasteiger charge is 2.53. The third-order valence-corrected chi connectivity index (χ3v) is 5.14. The SMILES string of the molecule is N[C@@H](CCP(=O)(O)[C@H](O)[C@H]1C[C@@H]1C(=O)O)C(=O)O. The molecule has 0 aromatic carbocycles. The van der Waals surface area contributed by atoms with E-state index in [1.54, 1.807) is 0 Å². The molecule has 1 fully saturated rings. The molecule has 0 aliphatic heterocycles. The summed E-state index contributed by atoms with van der Waals surface area (Å²) < 4.78 is 11.8. The molecule has 0 spiro atoms. The first-order valence-electron chi connectivity index (χ1n) is 5.37. The molecular formula is C9H16NO7P. The van der Waals surface area contributed by atoms with Crippen LogP contribution in [0.3, 0.4) is 0 Å². The minimum absolute atomic E-state index is 0.159. The Hall–Kier alpha value is -0.950. The average molecular weight is 281 g/mol. The molecule has 1 unspecified atom stereocenters. The van der Waals surface area contributed by atoms with Gasteiger partial charge in [-0.25, -0.2) is 0 Å². The van der Waals surface area contributed by atoms with E-state index in [9.17, 15) is 24.2 Å². The Labute approximate surface area is 103 Å². The maximum Gasteiger partial charge on any atom is 0.320 e. The minimum Gasteiger partial charge on any atom is -0.481 e. The van der Waals surface area contributed by atoms with Crippen LogP contribution in [0, 0.1) is 11.8 Å². The van der Waals surface area contributed by atoms with Crippen molar-refractivity contribution in [2.75, 3.05) is 6.16 Å². The van der Waals surface area contributed by atoms with E-state index in [0.717, 1.165) is 0 Å². The van der Waals surface area contributed by atoms with E-state index in [4.69, 9.17) is 15.9 Å². The van der Waals surface area contributed by atoms with Gasteiger partial charge in [0, 0.05) is 12.1 Å². The van der Waals surface area contributed by atoms with Crippen molar-refractivity contribution in [3.8, 4) is 0 Å². The van der Waals surface area contributed by atoms with Gasteiger partial charge in [-0.1, -0.05) is 0 Å². The minimum atomic E-state index is -4.00. The monoisotopic (exact) mass is 281 g/mol. The van der Waals surface area contributed by atoms with Crippen LogP contribution in [0.15, 0.2) is 0 Å². The van der Waals surface area contributed by atoms with Crippen molar-refractivity contribution < 1.29 is 34.4 Å². The van der Waals surface area contributed by atoms with Crippen LogP contribution >= 0.6 is 7.37 Å². The van der Waals surface area contributed by atoms with E-state index in [-0.39, 0.29) is 12.8 Å². The lowest BCUT2D eigenvalue weighted by Gasteiger charge is -2.18. The van der Waals surface area contributed by atoms with Crippen molar-refractivity contribution in [3.63, 3.8) is 0 Å². The zero-order chi connectivity index (χ0) is 14.1. The van der Waals surface area contributed by atoms with Crippen LogP contribution < -0.4 is 5.73 Å². The molecule has 104 valence electrons. The van der Waals surface area contributed by atoms with Crippen LogP contribution in [0.2, 0.25) is 0 Å². The highest BCUT2D eigenvalue weighted by atomic mass is 31.2. The van der Waals surface area contributed by atoms with Gasteiger partial charge in [-0.2, -0.15) is 0 Å². The average Bonchev–Trinajstić information content (AvgIpc) is 3.04. The van der Waals surface area contributed by atoms with Crippen LogP contribution in [0.25, 0.3) is 0 Å². The highest BCUT2D eigenvalue weighted by Crippen LogP contribution is 2.57. The van der Waals surface area contributed by atoms with E-state index in [1.165, 1.54) is 0 Å². The molecule has 0 saturated heterocycles. The summed E-state index contributed by atoms with van der Waals surface area (Å²) >= 11 is 0. The second kappa shape index (κ2) is 5.36. The molecule has 1 rings (SSSR count). The number of hydrogen-bond donors (Lipinski definition) is 5. The summed E-state index contributed by atoms with van der Waals surface area (Å²) in [7, 11) is -4.00. The Kier molecular flexibility index (Phi) is 4.50. The number of aliphatic hydroxyl groups is 1. The summed E-state index contributed by atoms with van der Waals surface area (Å²) in [5.74, 6) is -5.56. The molecule has 1 aliphatic carbocycles. The third-order valence-electron chi connectivity index (χ3n) is 3.03. The van der Waals surface area contributed by atoms with Gasteiger partial charge in [-0.05, 0) is 12.8 Å². The van der Waals surface area contributed by atoms with Gasteiger partial charge < -0.3 is 25.9 Å². The van der Waals surface area contributed by atoms with Gasteiger partial charge in [0.1, 0.15) is 11.9 Å². The fourth-order valence-electron chi connectivity index (χ4n) is 1.71. The quantitative estimate of drug-likeness (QED) is 0.375. The molecule has 18 heavy (non-hydrogen) atoms. The van der Waals surface area contributed by atoms with Crippen LogP contribution in [-0.4, -0.2) is 50.2 Å². The van der Waals surface area contributed by atoms with Gasteiger partial charge >= 0.3 is 11.9 Å². The number of aliphatic carboxylic acids is 2. The number of carboxylic acid groups (broad SMARTS) is 2. The molecule has 0 heterocycles. The first kappa shape index (κ1) is 15.1. The second-order valence-electron chi connectivity index (χ2n) is 4.47. The van der Waals surface area contributed by atoms with Crippen LogP contribution in [0.1, 0.15) is 12.8 Å². The molecule has 5 atom stereocenters. The third kappa shape index (κ3) is 3.52. The highest BCUT2D eigenvalue weighted by molar-refractivity contribution is 7.58. The topological polar surface area (TPSA) is 158 Å². The molecule has 9 heteroatoms. The first-order chi connectivity index (χ1) is 8.16. The number of nitrogens with two attached hydrogens (primary N) is 1. The van der Waals surface area contributed by atoms with Crippen molar-refractivity contribution in [1.82, 2.24) is 0 Å². The first-order valence-corrected chi connectivity index (χ1v) is 7.29. The molecule has 1 saturated carbocycles. The fourth-order valence-corrected chi connectivity index (χ4v) is 3.55. The molecule has 0 aromatic rings. The van der Waals surface area contributed by atoms with Crippen molar-refractivity contribution in [2.45, 2.75) is 24.7 Å². The van der Waals surface area contributed by atoms with E-state index in [1.807, 2.05) is 0 Å². The molecule has 8 nitrogen and oxygen atoms in total. The molecular weight excluding hydrogens is 265 g/mol. The molecule has 1 aliphatic rings. The van der Waals surface area contributed by atoms with Crippen molar-refractivity contribution >= 4 is 19.3 Å². The summed E-state index contributed by atoms with van der Waals surface area (Å²) in [5.41, 5.74) is 5.18. The fraction of sp³-hybridized carbons (Fsp3) is 0.778. The summed E-state index contributed by atoms with van der Waals surface area (Å²) in [4.78, 5) is 30.6. The van der Waals surface area contributed by atoms with Gasteiger partial charge in [0.2, 0.25) is 7.37 Å². The van der Waals surface area contributed by atoms with Crippen LogP contribution in [-0.2, 0) is 14.2 Å². The second-order valence-corrected chi connectivity index (χ2v) is 6.96. The van der Waals surface area contributed by atoms with E-state index in [0.29, 0.717) is 0 Å². The van der Waals surface area contributed by atoms with Gasteiger partial charge in [0.05, 0.1) is 5.92 Å². The zero-order valence-electron chi connectivity index (χ0n) is 9.47. The Morgan fingerprint density at radius 1 is 1.39 bits per heavy atom. The van der Waals surface area contributed by atoms with Crippen molar-refractivity contribution in [3.05, 3.63) is 0 Å². The Bertz CT molecular complexity index is 398. The molecule has 0 bridgehead atoms. The van der Waals surface area contributed by atoms with Crippen molar-refractivity contribution in [2.24, 2.45) is 17.6 Å². The summed E-state index contributed by atoms with van der Waals surface area (Å²) in [6, 6.07) is -1.27. The number of aliphatic hydroxyl groups excluding tert-OH is 1.